The van der Waals surface area contributed by atoms with Gasteiger partial charge in [-0.3, -0.25) is 29.2 Å². The molecule has 2 aromatic rings. The fourth-order valence-electron chi connectivity index (χ4n) is 3.65. The van der Waals surface area contributed by atoms with Crippen LogP contribution in [0.25, 0.3) is 5.57 Å². The summed E-state index contributed by atoms with van der Waals surface area (Å²) >= 11 is 5.34. The molecule has 3 heterocycles. The molecule has 33 heavy (non-hydrogen) atoms. The normalized spacial score (nSPS) is 19.6. The van der Waals surface area contributed by atoms with Crippen molar-refractivity contribution in [3.05, 3.63) is 53.2 Å². The van der Waals surface area contributed by atoms with Gasteiger partial charge in [0.2, 0.25) is 11.0 Å². The van der Waals surface area contributed by atoms with Crippen LogP contribution in [0.5, 0.6) is 0 Å². The SMILES string of the molecule is CCOC(=O)Cc1nc(C2=C(C(=O)S)N3C(=O)[C@@H](NC(=O)Cc4ccccc4)[C@H]3SC2)n[nH]1. The van der Waals surface area contributed by atoms with Crippen molar-refractivity contribution in [3.63, 3.8) is 0 Å². The summed E-state index contributed by atoms with van der Waals surface area (Å²) in [5.74, 6) is -0.295. The van der Waals surface area contributed by atoms with Gasteiger partial charge in [-0.25, -0.2) is 4.98 Å². The number of ether oxygens (including phenoxy) is 1. The summed E-state index contributed by atoms with van der Waals surface area (Å²) in [5.41, 5.74) is 1.36. The molecule has 2 atom stereocenters. The number of fused-ring (bicyclic) bond motifs is 1. The molecule has 12 heteroatoms. The van der Waals surface area contributed by atoms with E-state index in [9.17, 15) is 19.2 Å². The summed E-state index contributed by atoms with van der Waals surface area (Å²) in [4.78, 5) is 54.9. The van der Waals surface area contributed by atoms with Crippen molar-refractivity contribution in [1.82, 2.24) is 25.4 Å². The van der Waals surface area contributed by atoms with Gasteiger partial charge in [0.05, 0.1) is 13.0 Å². The number of thiol groups is 1. The summed E-state index contributed by atoms with van der Waals surface area (Å²) in [7, 11) is 0. The van der Waals surface area contributed by atoms with Gasteiger partial charge in [0.25, 0.3) is 5.91 Å². The van der Waals surface area contributed by atoms with E-state index in [1.54, 1.807) is 6.92 Å². The molecule has 2 amide bonds. The number of aromatic nitrogens is 3. The summed E-state index contributed by atoms with van der Waals surface area (Å²) in [6, 6.07) is 8.48. The number of H-pyrrole nitrogens is 1. The molecule has 10 nitrogen and oxygen atoms in total. The topological polar surface area (TPSA) is 134 Å². The monoisotopic (exact) mass is 487 g/mol. The number of carbonyl (C=O) groups is 4. The van der Waals surface area contributed by atoms with Crippen molar-refractivity contribution >= 4 is 52.9 Å². The van der Waals surface area contributed by atoms with E-state index in [0.29, 0.717) is 11.3 Å². The Bertz CT molecular complexity index is 1130. The third kappa shape index (κ3) is 4.81. The van der Waals surface area contributed by atoms with Gasteiger partial charge in [-0.05, 0) is 12.5 Å². The molecule has 0 spiro atoms. The number of aromatic amines is 1. The highest BCUT2D eigenvalue weighted by Gasteiger charge is 2.54. The standard InChI is InChI=1S/C21H21N5O5S2/c1-2-31-15(28)9-13-22-18(25-24-13)12-10-33-20-16(19(29)26(20)17(12)21(30)32)23-14(27)8-11-6-4-3-5-7-11/h3-7,16,20H,2,8-10H2,1H3,(H,23,27)(H,30,32)(H,22,24,25)/t16-,20-/m1/s1. The van der Waals surface area contributed by atoms with Gasteiger partial charge in [0.15, 0.2) is 5.82 Å². The van der Waals surface area contributed by atoms with E-state index in [1.807, 2.05) is 30.3 Å². The number of thioether (sulfide) groups is 1. The lowest BCUT2D eigenvalue weighted by Crippen LogP contribution is -2.70. The fourth-order valence-corrected chi connectivity index (χ4v) is 5.24. The van der Waals surface area contributed by atoms with Crippen molar-refractivity contribution in [2.45, 2.75) is 31.2 Å². The predicted octanol–water partition coefficient (Wildman–Crippen LogP) is 0.720. The number of rotatable bonds is 8. The second-order valence-electron chi connectivity index (χ2n) is 7.34. The van der Waals surface area contributed by atoms with Crippen LogP contribution >= 0.6 is 24.4 Å². The Morgan fingerprint density at radius 1 is 1.27 bits per heavy atom. The summed E-state index contributed by atoms with van der Waals surface area (Å²) in [6.07, 6.45) is 0.0636. The smallest absolute Gasteiger partial charge is 0.313 e. The van der Waals surface area contributed by atoms with Crippen LogP contribution in [0.3, 0.4) is 0 Å². The quantitative estimate of drug-likeness (QED) is 0.282. The molecule has 4 rings (SSSR count). The Hall–Kier alpha value is -3.12. The minimum atomic E-state index is -0.734. The first-order chi connectivity index (χ1) is 15.9. The van der Waals surface area contributed by atoms with Gasteiger partial charge in [0, 0.05) is 11.3 Å². The first kappa shape index (κ1) is 23.1. The molecule has 172 valence electrons. The molecule has 1 fully saturated rings. The van der Waals surface area contributed by atoms with Crippen molar-refractivity contribution < 1.29 is 23.9 Å². The minimum Gasteiger partial charge on any atom is -0.466 e. The van der Waals surface area contributed by atoms with Gasteiger partial charge in [0.1, 0.15) is 29.4 Å². The molecule has 0 bridgehead atoms. The third-order valence-corrected chi connectivity index (χ3v) is 6.61. The largest absolute Gasteiger partial charge is 0.466 e. The highest BCUT2D eigenvalue weighted by Crippen LogP contribution is 2.43. The number of nitrogens with zero attached hydrogens (tertiary/aromatic N) is 3. The molecule has 0 radical (unpaired) electrons. The van der Waals surface area contributed by atoms with Gasteiger partial charge in [-0.15, -0.1) is 11.8 Å². The zero-order valence-electron chi connectivity index (χ0n) is 17.6. The van der Waals surface area contributed by atoms with Crippen LogP contribution in [0.1, 0.15) is 24.1 Å². The second kappa shape index (κ2) is 9.79. The Labute approximate surface area is 198 Å². The maximum Gasteiger partial charge on any atom is 0.313 e. The van der Waals surface area contributed by atoms with Gasteiger partial charge >= 0.3 is 5.97 Å². The van der Waals surface area contributed by atoms with Crippen LogP contribution in [0.15, 0.2) is 36.0 Å². The minimum absolute atomic E-state index is 0.0855. The third-order valence-electron chi connectivity index (χ3n) is 5.11. The van der Waals surface area contributed by atoms with E-state index in [0.717, 1.165) is 5.56 Å². The second-order valence-corrected chi connectivity index (χ2v) is 8.85. The van der Waals surface area contributed by atoms with Crippen molar-refractivity contribution in [3.8, 4) is 0 Å². The van der Waals surface area contributed by atoms with Crippen LogP contribution in [-0.4, -0.2) is 66.8 Å². The lowest BCUT2D eigenvalue weighted by Gasteiger charge is -2.49. The van der Waals surface area contributed by atoms with E-state index in [1.165, 1.54) is 16.7 Å². The zero-order valence-corrected chi connectivity index (χ0v) is 19.3. The van der Waals surface area contributed by atoms with Crippen LogP contribution in [-0.2, 0) is 36.8 Å². The number of benzene rings is 1. The van der Waals surface area contributed by atoms with Crippen LogP contribution in [0.4, 0.5) is 0 Å². The number of hydrogen-bond acceptors (Lipinski definition) is 8. The van der Waals surface area contributed by atoms with Crippen molar-refractivity contribution in [1.29, 1.82) is 0 Å². The summed E-state index contributed by atoms with van der Waals surface area (Å²) in [6.45, 7) is 1.96. The molecule has 2 aliphatic rings. The summed E-state index contributed by atoms with van der Waals surface area (Å²) < 4.78 is 4.90. The lowest BCUT2D eigenvalue weighted by molar-refractivity contribution is -0.146. The Morgan fingerprint density at radius 3 is 2.73 bits per heavy atom. The first-order valence-corrected chi connectivity index (χ1v) is 11.7. The van der Waals surface area contributed by atoms with Crippen LogP contribution in [0.2, 0.25) is 0 Å². The molecule has 1 aromatic carbocycles. The molecular weight excluding hydrogens is 466 g/mol. The van der Waals surface area contributed by atoms with Gasteiger partial charge in [-0.1, -0.05) is 43.0 Å². The molecule has 2 N–H and O–H groups in total. The number of carbonyl (C=O) groups excluding carboxylic acids is 4. The zero-order chi connectivity index (χ0) is 23.5. The molecule has 1 aromatic heterocycles. The highest BCUT2D eigenvalue weighted by atomic mass is 32.2. The Morgan fingerprint density at radius 2 is 2.03 bits per heavy atom. The number of nitrogens with one attached hydrogen (secondary N) is 2. The summed E-state index contributed by atoms with van der Waals surface area (Å²) in [5, 5.41) is 8.50. The Kier molecular flexibility index (Phi) is 6.84. The van der Waals surface area contributed by atoms with E-state index >= 15 is 0 Å². The Balaban J connectivity index is 1.49. The number of amides is 2. The van der Waals surface area contributed by atoms with E-state index in [4.69, 9.17) is 4.74 Å². The van der Waals surface area contributed by atoms with Crippen molar-refractivity contribution in [2.24, 2.45) is 0 Å². The number of esters is 1. The molecule has 0 saturated carbocycles. The van der Waals surface area contributed by atoms with Crippen LogP contribution in [0, 0.1) is 0 Å². The number of β-lactam (4-membered cyclic amide) rings is 1. The molecule has 1 saturated heterocycles. The lowest BCUT2D eigenvalue weighted by atomic mass is 10.0. The molecule has 0 aliphatic carbocycles. The number of hydrogen-bond donors (Lipinski definition) is 3. The van der Waals surface area contributed by atoms with E-state index < -0.39 is 28.4 Å². The van der Waals surface area contributed by atoms with Crippen LogP contribution < -0.4 is 5.32 Å². The van der Waals surface area contributed by atoms with Crippen molar-refractivity contribution in [2.75, 3.05) is 12.4 Å². The fraction of sp³-hybridized carbons (Fsp3) is 0.333. The van der Waals surface area contributed by atoms with E-state index in [2.05, 4.69) is 33.1 Å². The average molecular weight is 488 g/mol. The maximum atomic E-state index is 12.9. The van der Waals surface area contributed by atoms with Gasteiger partial charge < -0.3 is 10.1 Å². The van der Waals surface area contributed by atoms with E-state index in [-0.39, 0.29) is 42.7 Å². The van der Waals surface area contributed by atoms with Gasteiger partial charge in [-0.2, -0.15) is 5.10 Å². The maximum absolute atomic E-state index is 12.9. The molecular formula is C21H21N5O5S2. The molecule has 2 aliphatic heterocycles. The highest BCUT2D eigenvalue weighted by molar-refractivity contribution is 8.00. The predicted molar refractivity (Wildman–Crippen MR) is 123 cm³/mol. The average Bonchev–Trinajstić information content (AvgIpc) is 3.25. The first-order valence-electron chi connectivity index (χ1n) is 10.2. The molecule has 0 unspecified atom stereocenters.